The maximum Gasteiger partial charge on any atom is 0.137 e. The fourth-order valence-electron chi connectivity index (χ4n) is 1.41. The van der Waals surface area contributed by atoms with Gasteiger partial charge in [0.1, 0.15) is 5.82 Å². The highest BCUT2D eigenvalue weighted by Crippen LogP contribution is 2.20. The molecule has 0 aromatic heterocycles. The summed E-state index contributed by atoms with van der Waals surface area (Å²) in [5.41, 5.74) is 0.849. The van der Waals surface area contributed by atoms with Gasteiger partial charge in [-0.3, -0.25) is 0 Å². The zero-order valence-corrected chi connectivity index (χ0v) is 11.9. The quantitative estimate of drug-likeness (QED) is 0.779. The van der Waals surface area contributed by atoms with E-state index in [9.17, 15) is 4.39 Å². The lowest BCUT2D eigenvalue weighted by Gasteiger charge is -2.09. The molecule has 0 aliphatic carbocycles. The van der Waals surface area contributed by atoms with Crippen LogP contribution in [-0.2, 0) is 11.3 Å². The third kappa shape index (κ3) is 5.61. The number of hydrogen-bond acceptors (Lipinski definition) is 2. The number of hydrogen-bond donors (Lipinski definition) is 1. The van der Waals surface area contributed by atoms with E-state index in [0.29, 0.717) is 23.7 Å². The Kier molecular flexibility index (Phi) is 6.70. The van der Waals surface area contributed by atoms with Gasteiger partial charge in [-0.1, -0.05) is 26.0 Å². The first kappa shape index (κ1) is 14.6. The molecular weight excluding hydrogens is 285 g/mol. The molecule has 2 nitrogen and oxygen atoms in total. The van der Waals surface area contributed by atoms with Crippen LogP contribution in [0.4, 0.5) is 4.39 Å². The van der Waals surface area contributed by atoms with Crippen molar-refractivity contribution in [2.45, 2.75) is 32.9 Å². The molecule has 1 aromatic carbocycles. The van der Waals surface area contributed by atoms with Crippen LogP contribution in [0.1, 0.15) is 25.8 Å². The highest BCUT2D eigenvalue weighted by molar-refractivity contribution is 9.10. The van der Waals surface area contributed by atoms with Crippen molar-refractivity contribution in [2.75, 3.05) is 13.2 Å². The Hall–Kier alpha value is -0.450. The van der Waals surface area contributed by atoms with Crippen LogP contribution < -0.4 is 5.32 Å². The minimum Gasteiger partial charge on any atom is -0.377 e. The molecule has 0 unspecified atom stereocenters. The Bertz CT molecular complexity index is 344. The van der Waals surface area contributed by atoms with Gasteiger partial charge in [0.2, 0.25) is 0 Å². The summed E-state index contributed by atoms with van der Waals surface area (Å²) in [7, 11) is 0. The van der Waals surface area contributed by atoms with Crippen LogP contribution in [0.5, 0.6) is 0 Å². The molecule has 0 saturated heterocycles. The topological polar surface area (TPSA) is 21.3 Å². The van der Waals surface area contributed by atoms with Crippen molar-refractivity contribution in [3.8, 4) is 0 Å². The first-order valence-electron chi connectivity index (χ1n) is 5.85. The van der Waals surface area contributed by atoms with Crippen molar-refractivity contribution in [1.29, 1.82) is 0 Å². The zero-order valence-electron chi connectivity index (χ0n) is 10.3. The molecule has 4 heteroatoms. The van der Waals surface area contributed by atoms with Crippen molar-refractivity contribution in [2.24, 2.45) is 0 Å². The summed E-state index contributed by atoms with van der Waals surface area (Å²) >= 11 is 3.21. The van der Waals surface area contributed by atoms with E-state index < -0.39 is 0 Å². The smallest absolute Gasteiger partial charge is 0.137 e. The molecule has 17 heavy (non-hydrogen) atoms. The summed E-state index contributed by atoms with van der Waals surface area (Å²) in [6.07, 6.45) is 0.963. The second-order valence-corrected chi connectivity index (χ2v) is 5.02. The highest BCUT2D eigenvalue weighted by atomic mass is 79.9. The Balaban J connectivity index is 2.20. The maximum atomic E-state index is 13.2. The van der Waals surface area contributed by atoms with E-state index in [2.05, 4.69) is 35.1 Å². The monoisotopic (exact) mass is 303 g/mol. The molecule has 96 valence electrons. The van der Waals surface area contributed by atoms with Gasteiger partial charge >= 0.3 is 0 Å². The van der Waals surface area contributed by atoms with Crippen LogP contribution in [0.3, 0.4) is 0 Å². The second-order valence-electron chi connectivity index (χ2n) is 4.23. The number of nitrogens with one attached hydrogen (secondary N) is 1. The lowest BCUT2D eigenvalue weighted by atomic mass is 10.2. The Labute approximate surface area is 111 Å². The summed E-state index contributed by atoms with van der Waals surface area (Å²) in [6, 6.07) is 5.49. The van der Waals surface area contributed by atoms with E-state index >= 15 is 0 Å². The SMILES string of the molecule is CC(C)NCCCOCc1cccc(F)c1Br. The fourth-order valence-corrected chi connectivity index (χ4v) is 1.79. The van der Waals surface area contributed by atoms with Crippen molar-refractivity contribution in [3.63, 3.8) is 0 Å². The van der Waals surface area contributed by atoms with E-state index in [4.69, 9.17) is 4.74 Å². The standard InChI is InChI=1S/C13H19BrFNO/c1-10(2)16-7-4-8-17-9-11-5-3-6-12(15)13(11)14/h3,5-6,10,16H,4,7-9H2,1-2H3. The summed E-state index contributed by atoms with van der Waals surface area (Å²) in [5, 5.41) is 3.32. The third-order valence-corrected chi connectivity index (χ3v) is 3.20. The van der Waals surface area contributed by atoms with E-state index in [1.54, 1.807) is 6.07 Å². The lowest BCUT2D eigenvalue weighted by molar-refractivity contribution is 0.117. The lowest BCUT2D eigenvalue weighted by Crippen LogP contribution is -2.24. The van der Waals surface area contributed by atoms with Gasteiger partial charge in [-0.15, -0.1) is 0 Å². The third-order valence-electron chi connectivity index (χ3n) is 2.31. The van der Waals surface area contributed by atoms with Gasteiger partial charge in [0.25, 0.3) is 0 Å². The second kappa shape index (κ2) is 7.80. The molecule has 0 saturated carbocycles. The average Bonchev–Trinajstić information content (AvgIpc) is 2.28. The van der Waals surface area contributed by atoms with E-state index in [0.717, 1.165) is 18.5 Å². The molecule has 0 amide bonds. The minimum absolute atomic E-state index is 0.243. The van der Waals surface area contributed by atoms with Gasteiger partial charge in [0.15, 0.2) is 0 Å². The average molecular weight is 304 g/mol. The minimum atomic E-state index is -0.243. The van der Waals surface area contributed by atoms with Crippen molar-refractivity contribution < 1.29 is 9.13 Å². The normalized spacial score (nSPS) is 11.1. The van der Waals surface area contributed by atoms with Crippen LogP contribution in [0, 0.1) is 5.82 Å². The molecule has 0 fully saturated rings. The summed E-state index contributed by atoms with van der Waals surface area (Å²) in [6.45, 7) is 6.31. The van der Waals surface area contributed by atoms with Crippen LogP contribution in [0.15, 0.2) is 22.7 Å². The number of benzene rings is 1. The van der Waals surface area contributed by atoms with E-state index in [1.165, 1.54) is 6.07 Å². The summed E-state index contributed by atoms with van der Waals surface area (Å²) in [4.78, 5) is 0. The molecular formula is C13H19BrFNO. The number of rotatable bonds is 7. The summed E-state index contributed by atoms with van der Waals surface area (Å²) in [5.74, 6) is -0.243. The molecule has 0 radical (unpaired) electrons. The number of ether oxygens (including phenoxy) is 1. The van der Waals surface area contributed by atoms with Gasteiger partial charge in [0, 0.05) is 12.6 Å². The van der Waals surface area contributed by atoms with Crippen LogP contribution in [-0.4, -0.2) is 19.2 Å². The Morgan fingerprint density at radius 1 is 1.41 bits per heavy atom. The molecule has 0 aliphatic heterocycles. The molecule has 0 aliphatic rings. The number of halogens is 2. The van der Waals surface area contributed by atoms with Crippen LogP contribution in [0.2, 0.25) is 0 Å². The molecule has 1 rings (SSSR count). The first-order chi connectivity index (χ1) is 8.11. The van der Waals surface area contributed by atoms with Crippen LogP contribution >= 0.6 is 15.9 Å². The van der Waals surface area contributed by atoms with E-state index in [-0.39, 0.29) is 5.82 Å². The Morgan fingerprint density at radius 3 is 2.88 bits per heavy atom. The predicted molar refractivity (Wildman–Crippen MR) is 71.5 cm³/mol. The van der Waals surface area contributed by atoms with Gasteiger partial charge in [0.05, 0.1) is 11.1 Å². The molecule has 0 bridgehead atoms. The maximum absolute atomic E-state index is 13.2. The fraction of sp³-hybridized carbons (Fsp3) is 0.538. The first-order valence-corrected chi connectivity index (χ1v) is 6.64. The molecule has 1 aromatic rings. The molecule has 1 N–H and O–H groups in total. The molecule has 0 spiro atoms. The van der Waals surface area contributed by atoms with Gasteiger partial charge < -0.3 is 10.1 Å². The van der Waals surface area contributed by atoms with Crippen molar-refractivity contribution >= 4 is 15.9 Å². The Morgan fingerprint density at radius 2 is 2.18 bits per heavy atom. The van der Waals surface area contributed by atoms with Gasteiger partial charge in [-0.2, -0.15) is 0 Å². The van der Waals surface area contributed by atoms with Crippen molar-refractivity contribution in [1.82, 2.24) is 5.32 Å². The van der Waals surface area contributed by atoms with Crippen molar-refractivity contribution in [3.05, 3.63) is 34.1 Å². The van der Waals surface area contributed by atoms with Gasteiger partial charge in [-0.05, 0) is 40.5 Å². The molecule has 0 heterocycles. The predicted octanol–water partition coefficient (Wildman–Crippen LogP) is 3.49. The molecule has 0 atom stereocenters. The van der Waals surface area contributed by atoms with E-state index in [1.807, 2.05) is 6.07 Å². The summed E-state index contributed by atoms with van der Waals surface area (Å²) < 4.78 is 19.2. The largest absolute Gasteiger partial charge is 0.377 e. The zero-order chi connectivity index (χ0) is 12.7. The highest BCUT2D eigenvalue weighted by Gasteiger charge is 2.04. The van der Waals surface area contributed by atoms with Crippen LogP contribution in [0.25, 0.3) is 0 Å². The van der Waals surface area contributed by atoms with Gasteiger partial charge in [-0.25, -0.2) is 4.39 Å².